The van der Waals surface area contributed by atoms with E-state index < -0.39 is 0 Å². The van der Waals surface area contributed by atoms with Crippen LogP contribution in [0.25, 0.3) is 10.6 Å². The molecule has 0 aliphatic rings. The lowest BCUT2D eigenvalue weighted by molar-refractivity contribution is 0.0939. The Kier molecular flexibility index (Phi) is 7.49. The zero-order chi connectivity index (χ0) is 21.7. The number of amides is 1. The number of benzene rings is 1. The molecule has 158 valence electrons. The van der Waals surface area contributed by atoms with Crippen molar-refractivity contribution in [2.75, 3.05) is 26.0 Å². The van der Waals surface area contributed by atoms with E-state index in [-0.39, 0.29) is 18.5 Å². The zero-order valence-electron chi connectivity index (χ0n) is 16.4. The summed E-state index contributed by atoms with van der Waals surface area (Å²) in [5, 5.41) is 6.96. The fraction of sp³-hybridized carbons (Fsp3) is 0.250. The SMILES string of the molecule is CNc1nccc(-c2cc(OC)c(C(=O)N[C@H](CN)Cc3ccc(Cl)cc3Cl)s2)n1. The van der Waals surface area contributed by atoms with Gasteiger partial charge in [0.2, 0.25) is 5.95 Å². The van der Waals surface area contributed by atoms with E-state index in [2.05, 4.69) is 20.6 Å². The maximum absolute atomic E-state index is 13.0. The Labute approximate surface area is 188 Å². The molecule has 0 aliphatic carbocycles. The van der Waals surface area contributed by atoms with E-state index in [9.17, 15) is 4.79 Å². The van der Waals surface area contributed by atoms with Crippen molar-refractivity contribution < 1.29 is 9.53 Å². The molecule has 0 saturated heterocycles. The lowest BCUT2D eigenvalue weighted by Crippen LogP contribution is -2.41. The van der Waals surface area contributed by atoms with E-state index in [1.165, 1.54) is 18.4 Å². The minimum atomic E-state index is -0.304. The molecule has 0 radical (unpaired) electrons. The van der Waals surface area contributed by atoms with E-state index >= 15 is 0 Å². The Bertz CT molecular complexity index is 1040. The summed E-state index contributed by atoms with van der Waals surface area (Å²) in [6, 6.07) is 8.52. The van der Waals surface area contributed by atoms with Crippen LogP contribution in [0.3, 0.4) is 0 Å². The lowest BCUT2D eigenvalue weighted by atomic mass is 10.1. The van der Waals surface area contributed by atoms with Crippen LogP contribution in [0.4, 0.5) is 5.95 Å². The van der Waals surface area contributed by atoms with Crippen LogP contribution in [0.15, 0.2) is 36.5 Å². The highest BCUT2D eigenvalue weighted by molar-refractivity contribution is 7.17. The second kappa shape index (κ2) is 10.1. The molecule has 0 spiro atoms. The van der Waals surface area contributed by atoms with Gasteiger partial charge in [0, 0.05) is 41.9 Å². The Morgan fingerprint density at radius 3 is 2.77 bits per heavy atom. The topological polar surface area (TPSA) is 102 Å². The van der Waals surface area contributed by atoms with Gasteiger partial charge in [0.1, 0.15) is 10.6 Å². The van der Waals surface area contributed by atoms with Gasteiger partial charge in [0.05, 0.1) is 17.7 Å². The standard InChI is InChI=1S/C20H21Cl2N5O2S/c1-24-20-25-6-5-15(27-20)17-9-16(29-2)18(30-17)19(28)26-13(10-23)7-11-3-4-12(21)8-14(11)22/h3-6,8-9,13H,7,10,23H2,1-2H3,(H,26,28)(H,24,25,27)/t13-/m0/s1. The van der Waals surface area contributed by atoms with E-state index in [0.717, 1.165) is 10.4 Å². The minimum absolute atomic E-state index is 0.253. The van der Waals surface area contributed by atoms with Crippen molar-refractivity contribution in [1.29, 1.82) is 0 Å². The summed E-state index contributed by atoms with van der Waals surface area (Å²) in [4.78, 5) is 22.7. The molecule has 30 heavy (non-hydrogen) atoms. The van der Waals surface area contributed by atoms with Crippen LogP contribution in [0.1, 0.15) is 15.2 Å². The number of halogens is 2. The molecule has 1 aromatic carbocycles. The van der Waals surface area contributed by atoms with Crippen molar-refractivity contribution in [3.63, 3.8) is 0 Å². The summed E-state index contributed by atoms with van der Waals surface area (Å²) in [6.07, 6.45) is 2.14. The molecular weight excluding hydrogens is 445 g/mol. The van der Waals surface area contributed by atoms with Gasteiger partial charge in [-0.2, -0.15) is 0 Å². The van der Waals surface area contributed by atoms with Crippen LogP contribution in [0.5, 0.6) is 5.75 Å². The number of hydrogen-bond acceptors (Lipinski definition) is 7. The van der Waals surface area contributed by atoms with Crippen LogP contribution < -0.4 is 21.1 Å². The maximum atomic E-state index is 13.0. The highest BCUT2D eigenvalue weighted by Gasteiger charge is 2.22. The predicted molar refractivity (Wildman–Crippen MR) is 122 cm³/mol. The predicted octanol–water partition coefficient (Wildman–Crippen LogP) is 3.86. The molecule has 0 unspecified atom stereocenters. The minimum Gasteiger partial charge on any atom is -0.495 e. The molecule has 3 aromatic rings. The number of carbonyl (C=O) groups excluding carboxylic acids is 1. The van der Waals surface area contributed by atoms with Crippen LogP contribution in [0.2, 0.25) is 10.0 Å². The number of anilines is 1. The largest absolute Gasteiger partial charge is 0.495 e. The Morgan fingerprint density at radius 1 is 1.30 bits per heavy atom. The average Bonchev–Trinajstić information content (AvgIpc) is 3.19. The molecule has 0 bridgehead atoms. The van der Waals surface area contributed by atoms with Gasteiger partial charge in [-0.3, -0.25) is 4.79 Å². The molecule has 10 heteroatoms. The van der Waals surface area contributed by atoms with Crippen LogP contribution in [-0.4, -0.2) is 42.6 Å². The van der Waals surface area contributed by atoms with Crippen molar-refractivity contribution in [2.45, 2.75) is 12.5 Å². The fourth-order valence-corrected chi connectivity index (χ4v) is 4.31. The van der Waals surface area contributed by atoms with Crippen molar-refractivity contribution in [3.05, 3.63) is 57.0 Å². The highest BCUT2D eigenvalue weighted by Crippen LogP contribution is 2.35. The Hall–Kier alpha value is -2.39. The van der Waals surface area contributed by atoms with Crippen molar-refractivity contribution >= 4 is 46.4 Å². The van der Waals surface area contributed by atoms with Crippen LogP contribution >= 0.6 is 34.5 Å². The molecule has 4 N–H and O–H groups in total. The third-order valence-corrected chi connectivity index (χ3v) is 6.08. The van der Waals surface area contributed by atoms with E-state index in [4.69, 9.17) is 33.7 Å². The molecule has 1 atom stereocenters. The van der Waals surface area contributed by atoms with Crippen molar-refractivity contribution in [1.82, 2.24) is 15.3 Å². The second-order valence-corrected chi connectivity index (χ2v) is 8.27. The molecule has 2 aromatic heterocycles. The van der Waals surface area contributed by atoms with Gasteiger partial charge in [-0.15, -0.1) is 11.3 Å². The second-order valence-electron chi connectivity index (χ2n) is 6.37. The quantitative estimate of drug-likeness (QED) is 0.466. The summed E-state index contributed by atoms with van der Waals surface area (Å²) >= 11 is 13.5. The lowest BCUT2D eigenvalue weighted by Gasteiger charge is -2.17. The Balaban J connectivity index is 1.80. The smallest absolute Gasteiger partial charge is 0.265 e. The first-order chi connectivity index (χ1) is 14.4. The number of nitrogens with zero attached hydrogens (tertiary/aromatic N) is 2. The summed E-state index contributed by atoms with van der Waals surface area (Å²) in [5.74, 6) is 0.692. The van der Waals surface area contributed by atoms with Gasteiger partial charge < -0.3 is 21.1 Å². The number of aromatic nitrogens is 2. The van der Waals surface area contributed by atoms with Crippen LogP contribution in [0, 0.1) is 0 Å². The zero-order valence-corrected chi connectivity index (χ0v) is 18.7. The first-order valence-electron chi connectivity index (χ1n) is 9.09. The average molecular weight is 466 g/mol. The van der Waals surface area contributed by atoms with Crippen molar-refractivity contribution in [3.8, 4) is 16.3 Å². The third kappa shape index (κ3) is 5.20. The van der Waals surface area contributed by atoms with Gasteiger partial charge in [-0.1, -0.05) is 29.3 Å². The highest BCUT2D eigenvalue weighted by atomic mass is 35.5. The van der Waals surface area contributed by atoms with Crippen LogP contribution in [-0.2, 0) is 6.42 Å². The summed E-state index contributed by atoms with van der Waals surface area (Å²) in [6.45, 7) is 0.253. The number of carbonyl (C=O) groups is 1. The number of hydrogen-bond donors (Lipinski definition) is 3. The maximum Gasteiger partial charge on any atom is 0.265 e. The molecule has 0 saturated carbocycles. The summed E-state index contributed by atoms with van der Waals surface area (Å²) < 4.78 is 5.41. The van der Waals surface area contributed by atoms with Gasteiger partial charge in [-0.25, -0.2) is 9.97 Å². The van der Waals surface area contributed by atoms with Crippen molar-refractivity contribution in [2.24, 2.45) is 5.73 Å². The first-order valence-corrected chi connectivity index (χ1v) is 10.7. The summed E-state index contributed by atoms with van der Waals surface area (Å²) in [7, 11) is 3.27. The number of rotatable bonds is 8. The fourth-order valence-electron chi connectivity index (χ4n) is 2.82. The number of nitrogens with one attached hydrogen (secondary N) is 2. The molecular formula is C20H21Cl2N5O2S. The van der Waals surface area contributed by atoms with E-state index in [1.54, 1.807) is 37.5 Å². The van der Waals surface area contributed by atoms with Gasteiger partial charge in [-0.05, 0) is 30.2 Å². The first kappa shape index (κ1) is 22.3. The molecule has 0 aliphatic heterocycles. The van der Waals surface area contributed by atoms with Gasteiger partial charge in [0.25, 0.3) is 5.91 Å². The third-order valence-electron chi connectivity index (χ3n) is 4.36. The molecule has 7 nitrogen and oxygen atoms in total. The molecule has 1 amide bonds. The summed E-state index contributed by atoms with van der Waals surface area (Å²) in [5.41, 5.74) is 7.44. The Morgan fingerprint density at radius 2 is 2.10 bits per heavy atom. The van der Waals surface area contributed by atoms with E-state index in [0.29, 0.717) is 38.7 Å². The molecule has 0 fully saturated rings. The normalized spacial score (nSPS) is 11.8. The number of thiophene rings is 1. The molecule has 2 heterocycles. The van der Waals surface area contributed by atoms with Gasteiger partial charge in [0.15, 0.2) is 0 Å². The number of methoxy groups -OCH3 is 1. The number of nitrogens with two attached hydrogens (primary N) is 1. The van der Waals surface area contributed by atoms with E-state index in [1.807, 2.05) is 6.07 Å². The monoisotopic (exact) mass is 465 g/mol. The number of ether oxygens (including phenoxy) is 1. The molecule has 3 rings (SSSR count). The van der Waals surface area contributed by atoms with Gasteiger partial charge >= 0.3 is 0 Å².